The van der Waals surface area contributed by atoms with Crippen LogP contribution in [0, 0.1) is 18.8 Å². The normalized spacial score (nSPS) is 32.5. The van der Waals surface area contributed by atoms with E-state index in [1.54, 1.807) is 18.2 Å². The number of aryl methyl sites for hydroxylation is 1. The molecular weight excluding hydrogens is 472 g/mol. The van der Waals surface area contributed by atoms with Crippen molar-refractivity contribution >= 4 is 0 Å². The van der Waals surface area contributed by atoms with Gasteiger partial charge in [-0.2, -0.15) is 0 Å². The fraction of sp³-hybridized carbons (Fsp3) is 0.538. The highest BCUT2D eigenvalue weighted by Crippen LogP contribution is 2.43. The molecule has 36 heavy (non-hydrogen) atoms. The Bertz CT molecular complexity index is 1030. The summed E-state index contributed by atoms with van der Waals surface area (Å²) in [6.45, 7) is 1.78. The molecule has 0 spiro atoms. The quantitative estimate of drug-likeness (QED) is 0.302. The zero-order valence-electron chi connectivity index (χ0n) is 20.2. The summed E-state index contributed by atoms with van der Waals surface area (Å²) >= 11 is 0. The van der Waals surface area contributed by atoms with Crippen LogP contribution in [0.4, 0.5) is 0 Å². The van der Waals surface area contributed by atoms with Crippen molar-refractivity contribution in [3.63, 3.8) is 0 Å². The van der Waals surface area contributed by atoms with E-state index in [0.717, 1.165) is 16.7 Å². The van der Waals surface area contributed by atoms with E-state index in [1.165, 1.54) is 13.2 Å². The van der Waals surface area contributed by atoms with Crippen LogP contribution in [0.3, 0.4) is 0 Å². The van der Waals surface area contributed by atoms with E-state index in [9.17, 15) is 30.6 Å². The van der Waals surface area contributed by atoms with Crippen LogP contribution in [0.2, 0.25) is 0 Å². The number of phenols is 2. The van der Waals surface area contributed by atoms with Crippen molar-refractivity contribution in [2.24, 2.45) is 11.8 Å². The molecular formula is C26H34O10. The fourth-order valence-corrected chi connectivity index (χ4v) is 4.93. The van der Waals surface area contributed by atoms with Crippen LogP contribution in [0.5, 0.6) is 17.2 Å². The Hall–Kier alpha value is -2.44. The number of aliphatic hydroxyl groups excluding tert-OH is 4. The van der Waals surface area contributed by atoms with Gasteiger partial charge in [0.25, 0.3) is 0 Å². The minimum Gasteiger partial charge on any atom is -0.508 e. The summed E-state index contributed by atoms with van der Waals surface area (Å²) in [5.74, 6) is 0.300. The van der Waals surface area contributed by atoms with Gasteiger partial charge >= 0.3 is 0 Å². The molecule has 0 aliphatic carbocycles. The lowest BCUT2D eigenvalue weighted by atomic mass is 9.84. The van der Waals surface area contributed by atoms with Crippen LogP contribution in [0.1, 0.15) is 22.8 Å². The Kier molecular flexibility index (Phi) is 8.36. The van der Waals surface area contributed by atoms with Gasteiger partial charge in [0.1, 0.15) is 30.2 Å². The molecule has 2 aromatic rings. The molecule has 8 atom stereocenters. The number of ether oxygens (including phenoxy) is 4. The van der Waals surface area contributed by atoms with Crippen molar-refractivity contribution in [2.45, 2.75) is 50.2 Å². The van der Waals surface area contributed by atoms with Crippen molar-refractivity contribution in [1.82, 2.24) is 0 Å². The van der Waals surface area contributed by atoms with Gasteiger partial charge in [0.05, 0.1) is 33.0 Å². The second kappa shape index (κ2) is 11.3. The molecule has 2 aliphatic heterocycles. The number of hydrogen-bond acceptors (Lipinski definition) is 10. The number of rotatable bonds is 8. The summed E-state index contributed by atoms with van der Waals surface area (Å²) in [5.41, 5.74) is 2.55. The van der Waals surface area contributed by atoms with Gasteiger partial charge in [0.15, 0.2) is 17.8 Å². The Morgan fingerprint density at radius 3 is 2.42 bits per heavy atom. The molecule has 2 heterocycles. The summed E-state index contributed by atoms with van der Waals surface area (Å²) in [7, 11) is 1.46. The molecule has 0 unspecified atom stereocenters. The molecule has 6 N–H and O–H groups in total. The third-order valence-electron chi connectivity index (χ3n) is 7.08. The van der Waals surface area contributed by atoms with E-state index in [0.29, 0.717) is 18.8 Å². The van der Waals surface area contributed by atoms with Gasteiger partial charge in [-0.3, -0.25) is 0 Å². The summed E-state index contributed by atoms with van der Waals surface area (Å²) in [4.78, 5) is 0. The highest BCUT2D eigenvalue weighted by atomic mass is 16.7. The van der Waals surface area contributed by atoms with Crippen LogP contribution >= 0.6 is 0 Å². The summed E-state index contributed by atoms with van der Waals surface area (Å²) < 4.78 is 22.9. The molecule has 0 aromatic heterocycles. The average molecular weight is 507 g/mol. The van der Waals surface area contributed by atoms with Crippen molar-refractivity contribution in [1.29, 1.82) is 0 Å². The van der Waals surface area contributed by atoms with E-state index in [4.69, 9.17) is 18.9 Å². The van der Waals surface area contributed by atoms with Crippen LogP contribution < -0.4 is 4.74 Å². The van der Waals surface area contributed by atoms with E-state index >= 15 is 0 Å². The Balaban J connectivity index is 1.56. The first kappa shape index (κ1) is 26.6. The zero-order valence-corrected chi connectivity index (χ0v) is 20.2. The topological polar surface area (TPSA) is 158 Å². The summed E-state index contributed by atoms with van der Waals surface area (Å²) in [5, 5.41) is 59.9. The number of hydrogen-bond donors (Lipinski definition) is 6. The second-order valence-electron chi connectivity index (χ2n) is 9.46. The predicted octanol–water partition coefficient (Wildman–Crippen LogP) is 0.778. The van der Waals surface area contributed by atoms with E-state index in [-0.39, 0.29) is 29.9 Å². The number of benzene rings is 2. The summed E-state index contributed by atoms with van der Waals surface area (Å²) in [6.07, 6.45) is -6.62. The lowest BCUT2D eigenvalue weighted by Gasteiger charge is -2.40. The molecule has 0 saturated carbocycles. The molecule has 2 fully saturated rings. The van der Waals surface area contributed by atoms with Gasteiger partial charge in [0, 0.05) is 5.92 Å². The molecule has 2 aromatic carbocycles. The van der Waals surface area contributed by atoms with Gasteiger partial charge in [-0.15, -0.1) is 0 Å². The Labute approximate surface area is 209 Å². The minimum atomic E-state index is -1.53. The molecule has 2 aliphatic rings. The molecule has 10 heteroatoms. The first-order chi connectivity index (χ1) is 17.2. The van der Waals surface area contributed by atoms with Crippen LogP contribution in [-0.2, 0) is 20.6 Å². The lowest BCUT2D eigenvalue weighted by Crippen LogP contribution is -2.59. The van der Waals surface area contributed by atoms with Gasteiger partial charge in [0.2, 0.25) is 0 Å². The van der Waals surface area contributed by atoms with E-state index in [1.807, 2.05) is 19.1 Å². The maximum Gasteiger partial charge on any atom is 0.186 e. The first-order valence-corrected chi connectivity index (χ1v) is 11.9. The maximum absolute atomic E-state index is 10.4. The molecule has 2 saturated heterocycles. The van der Waals surface area contributed by atoms with Crippen molar-refractivity contribution in [3.8, 4) is 17.2 Å². The smallest absolute Gasteiger partial charge is 0.186 e. The average Bonchev–Trinajstić information content (AvgIpc) is 3.27. The van der Waals surface area contributed by atoms with E-state index < -0.39 is 43.4 Å². The standard InChI is InChI=1S/C26H34O10/c1-13-7-14(3-5-18(13)28)8-16-11-34-25(15-4-6-19(29)20(9-15)33-2)17(16)12-35-26-24(32)23(31)22(30)21(10-27)36-26/h3-7,9,16-17,21-32H,8,10-12H2,1-2H3/t16-,17-,21+,22+,23-,24+,25+,26+/m0/s1. The third-order valence-corrected chi connectivity index (χ3v) is 7.08. The van der Waals surface area contributed by atoms with Crippen molar-refractivity contribution in [3.05, 3.63) is 53.1 Å². The van der Waals surface area contributed by atoms with E-state index in [2.05, 4.69) is 0 Å². The second-order valence-corrected chi connectivity index (χ2v) is 9.46. The minimum absolute atomic E-state index is 0.00415. The van der Waals surface area contributed by atoms with Crippen molar-refractivity contribution in [2.75, 3.05) is 26.9 Å². The van der Waals surface area contributed by atoms with Gasteiger partial charge in [-0.05, 0) is 54.2 Å². The van der Waals surface area contributed by atoms with Gasteiger partial charge in [-0.25, -0.2) is 0 Å². The molecule has 0 amide bonds. The highest BCUT2D eigenvalue weighted by molar-refractivity contribution is 5.43. The highest BCUT2D eigenvalue weighted by Gasteiger charge is 2.45. The number of phenolic OH excluding ortho intramolecular Hbond substituents is 2. The largest absolute Gasteiger partial charge is 0.508 e. The number of aromatic hydroxyl groups is 2. The lowest BCUT2D eigenvalue weighted by molar-refractivity contribution is -0.304. The molecule has 10 nitrogen and oxygen atoms in total. The van der Waals surface area contributed by atoms with Crippen LogP contribution in [-0.4, -0.2) is 88.3 Å². The molecule has 4 rings (SSSR count). The van der Waals surface area contributed by atoms with Gasteiger partial charge < -0.3 is 49.6 Å². The van der Waals surface area contributed by atoms with Crippen molar-refractivity contribution < 1.29 is 49.6 Å². The van der Waals surface area contributed by atoms with Crippen LogP contribution in [0.15, 0.2) is 36.4 Å². The number of aliphatic hydroxyl groups is 4. The monoisotopic (exact) mass is 506 g/mol. The van der Waals surface area contributed by atoms with Crippen LogP contribution in [0.25, 0.3) is 0 Å². The fourth-order valence-electron chi connectivity index (χ4n) is 4.93. The summed E-state index contributed by atoms with van der Waals surface area (Å²) in [6, 6.07) is 10.4. The Morgan fingerprint density at radius 1 is 0.972 bits per heavy atom. The zero-order chi connectivity index (χ0) is 26.0. The third kappa shape index (κ3) is 5.45. The van der Waals surface area contributed by atoms with Gasteiger partial charge in [-0.1, -0.05) is 18.2 Å². The predicted molar refractivity (Wildman–Crippen MR) is 127 cm³/mol. The first-order valence-electron chi connectivity index (χ1n) is 11.9. The number of methoxy groups -OCH3 is 1. The maximum atomic E-state index is 10.4. The Morgan fingerprint density at radius 2 is 1.72 bits per heavy atom. The SMILES string of the molecule is COc1cc([C@H]2OC[C@H](Cc3ccc(O)c(C)c3)[C@@H]2CO[C@@H]2O[C@H](CO)[C@@H](O)[C@H](O)[C@H]2O)ccc1O. The molecule has 0 radical (unpaired) electrons. The molecule has 0 bridgehead atoms. The molecule has 198 valence electrons.